The number of hydrogen-bond donors (Lipinski definition) is 0. The Kier molecular flexibility index (Phi) is 12.5. The minimum Gasteiger partial charge on any atom is -0.486 e. The average Bonchev–Trinajstić information content (AvgIpc) is 3.57. The normalized spacial score (nSPS) is 11.5. The van der Waals surface area contributed by atoms with Crippen LogP contribution in [0, 0.1) is 24.5 Å². The van der Waals surface area contributed by atoms with E-state index < -0.39 is 0 Å². The van der Waals surface area contributed by atoms with Crippen LogP contribution in [0.3, 0.4) is 0 Å². The fraction of sp³-hybridized carbons (Fsp3) is 0.235. The smallest absolute Gasteiger partial charge is 0.216 e. The van der Waals surface area contributed by atoms with Gasteiger partial charge >= 0.3 is 0 Å². The van der Waals surface area contributed by atoms with Gasteiger partial charge < -0.3 is 14.4 Å². The predicted octanol–water partition coefficient (Wildman–Crippen LogP) is 13.9. The van der Waals surface area contributed by atoms with Gasteiger partial charge in [0.15, 0.2) is 0 Å². The van der Waals surface area contributed by atoms with Crippen molar-refractivity contribution in [1.29, 1.82) is 0 Å². The van der Waals surface area contributed by atoms with Gasteiger partial charge in [-0.25, -0.2) is 4.98 Å². The third-order valence-corrected chi connectivity index (χ3v) is 9.96. The maximum absolute atomic E-state index is 6.58. The summed E-state index contributed by atoms with van der Waals surface area (Å²) in [5.41, 5.74) is 15.2. The summed E-state index contributed by atoms with van der Waals surface area (Å²) in [5, 5.41) is 2.04. The zero-order chi connectivity index (χ0) is 38.7. The average molecular weight is 912 g/mol. The number of aromatic nitrogens is 3. The Morgan fingerprint density at radius 1 is 0.696 bits per heavy atom. The van der Waals surface area contributed by atoms with E-state index >= 15 is 0 Å². The monoisotopic (exact) mass is 912 g/mol. The first-order chi connectivity index (χ1) is 26.5. The Labute approximate surface area is 345 Å². The van der Waals surface area contributed by atoms with Crippen molar-refractivity contribution in [2.45, 2.75) is 73.6 Å². The number of fused-ring (bicyclic) bond motifs is 3. The van der Waals surface area contributed by atoms with Crippen LogP contribution in [0.4, 0.5) is 0 Å². The fourth-order valence-electron chi connectivity index (χ4n) is 7.38. The predicted molar refractivity (Wildman–Crippen MR) is 229 cm³/mol. The second-order valence-electron chi connectivity index (χ2n) is 16.1. The van der Waals surface area contributed by atoms with Crippen molar-refractivity contribution in [3.05, 3.63) is 162 Å². The van der Waals surface area contributed by atoms with Gasteiger partial charge in [-0.2, -0.15) is 0 Å². The van der Waals surface area contributed by atoms with Gasteiger partial charge in [-0.3, -0.25) is 0 Å². The molecule has 8 rings (SSSR count). The quantitative estimate of drug-likeness (QED) is 0.150. The van der Waals surface area contributed by atoms with Gasteiger partial charge in [-0.1, -0.05) is 126 Å². The van der Waals surface area contributed by atoms with E-state index in [-0.39, 0.29) is 25.5 Å². The third-order valence-electron chi connectivity index (χ3n) is 9.96. The second-order valence-corrected chi connectivity index (χ2v) is 16.1. The van der Waals surface area contributed by atoms with Crippen LogP contribution in [0.5, 0.6) is 0 Å². The molecule has 0 aliphatic rings. The first-order valence-corrected chi connectivity index (χ1v) is 19.3. The maximum Gasteiger partial charge on any atom is 0.216 e. The van der Waals surface area contributed by atoms with Crippen LogP contribution in [-0.4, -0.2) is 15.0 Å². The summed E-state index contributed by atoms with van der Waals surface area (Å²) in [6.07, 6.45) is 4.79. The van der Waals surface area contributed by atoms with Gasteiger partial charge in [0.05, 0.1) is 11.3 Å². The van der Waals surface area contributed by atoms with Crippen molar-refractivity contribution >= 4 is 22.1 Å². The Morgan fingerprint density at radius 3 is 2.12 bits per heavy atom. The number of benzene rings is 4. The van der Waals surface area contributed by atoms with Gasteiger partial charge in [-0.15, -0.1) is 54.1 Å². The van der Waals surface area contributed by atoms with Crippen LogP contribution in [0.15, 0.2) is 132 Å². The van der Waals surface area contributed by atoms with Crippen molar-refractivity contribution in [2.24, 2.45) is 5.41 Å². The van der Waals surface area contributed by atoms with E-state index in [1.165, 1.54) is 38.9 Å². The fourth-order valence-corrected chi connectivity index (χ4v) is 7.38. The number of furan rings is 1. The number of hydrogen-bond acceptors (Lipinski definition) is 4. The molecule has 0 atom stereocenters. The molecule has 8 aromatic rings. The van der Waals surface area contributed by atoms with Gasteiger partial charge in [0.1, 0.15) is 0 Å². The summed E-state index contributed by atoms with van der Waals surface area (Å²) in [7, 11) is 0. The van der Waals surface area contributed by atoms with Gasteiger partial charge in [-0.05, 0) is 88.0 Å². The molecule has 285 valence electrons. The molecule has 0 saturated heterocycles. The summed E-state index contributed by atoms with van der Waals surface area (Å²) >= 11 is 0. The Balaban J connectivity index is 0.000000348. The van der Waals surface area contributed by atoms with Crippen LogP contribution >= 0.6 is 0 Å². The SMILES string of the molecule is Cc1cc(-c2[c-]ccc3c2oc2nc(-c4c(C(C)C)ccc(-c5ccccc5)c4C(C)C)ccc23)ncc1CC(C)(C)C.[Ir].[c-]1ccccc1-c1ccccn1. The summed E-state index contributed by atoms with van der Waals surface area (Å²) in [6, 6.07) is 46.0. The van der Waals surface area contributed by atoms with E-state index in [1.54, 1.807) is 6.20 Å². The van der Waals surface area contributed by atoms with E-state index in [9.17, 15) is 0 Å². The second kappa shape index (κ2) is 17.3. The van der Waals surface area contributed by atoms with Crippen molar-refractivity contribution in [3.8, 4) is 44.9 Å². The van der Waals surface area contributed by atoms with Gasteiger partial charge in [0.2, 0.25) is 5.71 Å². The molecule has 0 saturated carbocycles. The summed E-state index contributed by atoms with van der Waals surface area (Å²) in [5.74, 6) is 0.663. The molecule has 0 aliphatic carbocycles. The standard InChI is InChI=1S/C40H41N2O.C11H8N.Ir/c1-24(2)29-17-18-30(27-13-10-9-11-14-27)36(25(3)4)37(29)34-20-19-32-31-15-12-16-33(38(31)43-39(32)42-34)35-21-26(5)28(23-41-35)22-40(6,7)8;1-2-6-10(7-3-1)11-8-4-5-9-12-11;/h9-15,17-21,23-25H,22H2,1-8H3;1-6,8-9H;/q2*-1;. The van der Waals surface area contributed by atoms with Crippen molar-refractivity contribution in [1.82, 2.24) is 15.0 Å². The summed E-state index contributed by atoms with van der Waals surface area (Å²) < 4.78 is 6.58. The van der Waals surface area contributed by atoms with Gasteiger partial charge in [0, 0.05) is 43.4 Å². The van der Waals surface area contributed by atoms with Crippen molar-refractivity contribution in [3.63, 3.8) is 0 Å². The molecule has 0 bridgehead atoms. The van der Waals surface area contributed by atoms with E-state index in [4.69, 9.17) is 14.4 Å². The molecule has 4 aromatic heterocycles. The summed E-state index contributed by atoms with van der Waals surface area (Å²) in [6.45, 7) is 18.0. The number of aryl methyl sites for hydroxylation is 1. The Bertz CT molecular complexity index is 2510. The molecule has 0 amide bonds. The first kappa shape index (κ1) is 40.4. The van der Waals surface area contributed by atoms with E-state index in [1.807, 2.05) is 54.7 Å². The molecule has 4 nitrogen and oxygen atoms in total. The minimum absolute atomic E-state index is 0. The molecular weight excluding hydrogens is 863 g/mol. The van der Waals surface area contributed by atoms with E-state index in [2.05, 4.69) is 139 Å². The summed E-state index contributed by atoms with van der Waals surface area (Å²) in [4.78, 5) is 14.3. The van der Waals surface area contributed by atoms with Crippen molar-refractivity contribution < 1.29 is 24.5 Å². The van der Waals surface area contributed by atoms with Gasteiger partial charge in [0.25, 0.3) is 0 Å². The molecular formula is C51H49IrN3O-2. The van der Waals surface area contributed by atoms with Crippen LogP contribution in [0.2, 0.25) is 0 Å². The van der Waals surface area contributed by atoms with Crippen LogP contribution in [0.25, 0.3) is 67.0 Å². The largest absolute Gasteiger partial charge is 0.486 e. The minimum atomic E-state index is 0. The van der Waals surface area contributed by atoms with Crippen molar-refractivity contribution in [2.75, 3.05) is 0 Å². The zero-order valence-electron chi connectivity index (χ0n) is 33.6. The molecule has 0 fully saturated rings. The Hall–Kier alpha value is -5.22. The number of rotatable bonds is 7. The molecule has 0 aliphatic heterocycles. The molecule has 4 heterocycles. The number of pyridine rings is 3. The molecule has 56 heavy (non-hydrogen) atoms. The van der Waals surface area contributed by atoms with Crippen LogP contribution in [0.1, 0.15) is 82.6 Å². The molecule has 0 unspecified atom stereocenters. The van der Waals surface area contributed by atoms with E-state index in [0.717, 1.165) is 51.0 Å². The third kappa shape index (κ3) is 8.76. The molecule has 5 heteroatoms. The Morgan fingerprint density at radius 2 is 1.46 bits per heavy atom. The molecule has 4 aromatic carbocycles. The van der Waals surface area contributed by atoms with E-state index in [0.29, 0.717) is 17.5 Å². The topological polar surface area (TPSA) is 51.8 Å². The molecule has 0 spiro atoms. The maximum atomic E-state index is 6.58. The first-order valence-electron chi connectivity index (χ1n) is 19.3. The zero-order valence-corrected chi connectivity index (χ0v) is 36.0. The number of nitrogens with zero attached hydrogens (tertiary/aromatic N) is 3. The van der Waals surface area contributed by atoms with Crippen LogP contribution in [-0.2, 0) is 26.5 Å². The molecule has 1 radical (unpaired) electrons. The molecule has 0 N–H and O–H groups in total. The van der Waals surface area contributed by atoms with Crippen LogP contribution < -0.4 is 0 Å².